The fourth-order valence-electron chi connectivity index (χ4n) is 2.84. The van der Waals surface area contributed by atoms with Gasteiger partial charge >= 0.3 is 6.09 Å². The second-order valence-electron chi connectivity index (χ2n) is 8.01. The Morgan fingerprint density at radius 3 is 2.41 bits per heavy atom. The van der Waals surface area contributed by atoms with Crippen LogP contribution in [-0.4, -0.2) is 80.8 Å². The van der Waals surface area contributed by atoms with Gasteiger partial charge in [0.1, 0.15) is 5.60 Å². The Hall–Kier alpha value is -2.28. The molecule has 0 atom stereocenters. The van der Waals surface area contributed by atoms with Crippen molar-refractivity contribution in [1.82, 2.24) is 15.1 Å². The minimum Gasteiger partial charge on any atom is -0.444 e. The summed E-state index contributed by atoms with van der Waals surface area (Å²) in [5.41, 5.74) is 1.19. The van der Waals surface area contributed by atoms with Crippen LogP contribution in [0.15, 0.2) is 24.3 Å². The zero-order valence-electron chi connectivity index (χ0n) is 17.1. The topological polar surface area (TPSA) is 65.1 Å². The molecule has 0 radical (unpaired) electrons. The molecular weight excluding hydrogens is 344 g/mol. The Labute approximate surface area is 162 Å². The van der Waals surface area contributed by atoms with E-state index in [-0.39, 0.29) is 12.0 Å². The molecule has 1 aromatic rings. The average molecular weight is 377 g/mol. The van der Waals surface area contributed by atoms with Gasteiger partial charge in [0.25, 0.3) is 5.91 Å². The second kappa shape index (κ2) is 9.08. The van der Waals surface area contributed by atoms with Gasteiger partial charge in [0.15, 0.2) is 0 Å². The standard InChI is InChI=1S/C20H32N4O3/c1-20(2,3)27-19(26)24-13-11-23(12-14-24)10-9-21-18(25)16-7-6-8-17(15-16)22(4)5/h6-8,15H,9-14H2,1-5H3,(H,21,25). The van der Waals surface area contributed by atoms with Crippen LogP contribution in [0.5, 0.6) is 0 Å². The van der Waals surface area contributed by atoms with Gasteiger partial charge in [0.2, 0.25) is 0 Å². The zero-order valence-corrected chi connectivity index (χ0v) is 17.1. The van der Waals surface area contributed by atoms with Crippen molar-refractivity contribution in [2.24, 2.45) is 0 Å². The Balaban J connectivity index is 1.72. The number of ether oxygens (including phenoxy) is 1. The van der Waals surface area contributed by atoms with Gasteiger partial charge in [0, 0.05) is 64.6 Å². The highest BCUT2D eigenvalue weighted by Crippen LogP contribution is 2.13. The van der Waals surface area contributed by atoms with E-state index in [4.69, 9.17) is 4.74 Å². The number of anilines is 1. The Morgan fingerprint density at radius 1 is 1.15 bits per heavy atom. The summed E-state index contributed by atoms with van der Waals surface area (Å²) in [5, 5.41) is 2.97. The van der Waals surface area contributed by atoms with Crippen LogP contribution in [0.3, 0.4) is 0 Å². The Bertz CT molecular complexity index is 647. The maximum atomic E-state index is 12.3. The van der Waals surface area contributed by atoms with Crippen LogP contribution >= 0.6 is 0 Å². The molecule has 7 nitrogen and oxygen atoms in total. The van der Waals surface area contributed by atoms with E-state index < -0.39 is 5.60 Å². The van der Waals surface area contributed by atoms with Gasteiger partial charge in [-0.15, -0.1) is 0 Å². The summed E-state index contributed by atoms with van der Waals surface area (Å²) in [7, 11) is 3.90. The minimum absolute atomic E-state index is 0.0638. The number of piperazine rings is 1. The van der Waals surface area contributed by atoms with Crippen molar-refractivity contribution >= 4 is 17.7 Å². The first-order valence-corrected chi connectivity index (χ1v) is 9.41. The summed E-state index contributed by atoms with van der Waals surface area (Å²) in [6.07, 6.45) is -0.253. The predicted octanol–water partition coefficient (Wildman–Crippen LogP) is 2.04. The van der Waals surface area contributed by atoms with E-state index in [9.17, 15) is 9.59 Å². The van der Waals surface area contributed by atoms with Crippen LogP contribution in [0, 0.1) is 0 Å². The van der Waals surface area contributed by atoms with E-state index >= 15 is 0 Å². The summed E-state index contributed by atoms with van der Waals surface area (Å²) < 4.78 is 5.41. The van der Waals surface area contributed by atoms with Crippen molar-refractivity contribution < 1.29 is 14.3 Å². The predicted molar refractivity (Wildman–Crippen MR) is 107 cm³/mol. The summed E-state index contributed by atoms with van der Waals surface area (Å²) >= 11 is 0. The smallest absolute Gasteiger partial charge is 0.410 e. The molecule has 7 heteroatoms. The number of nitrogens with zero attached hydrogens (tertiary/aromatic N) is 3. The van der Waals surface area contributed by atoms with Crippen molar-refractivity contribution in [3.8, 4) is 0 Å². The quantitative estimate of drug-likeness (QED) is 0.852. The van der Waals surface area contributed by atoms with Gasteiger partial charge in [-0.2, -0.15) is 0 Å². The third-order valence-corrected chi connectivity index (χ3v) is 4.36. The van der Waals surface area contributed by atoms with Crippen molar-refractivity contribution in [2.45, 2.75) is 26.4 Å². The van der Waals surface area contributed by atoms with Crippen LogP contribution in [0.25, 0.3) is 0 Å². The van der Waals surface area contributed by atoms with Crippen LogP contribution in [-0.2, 0) is 4.74 Å². The van der Waals surface area contributed by atoms with E-state index in [2.05, 4.69) is 10.2 Å². The maximum absolute atomic E-state index is 12.3. The molecule has 1 aliphatic heterocycles. The first-order valence-electron chi connectivity index (χ1n) is 9.41. The van der Waals surface area contributed by atoms with Gasteiger partial charge in [-0.1, -0.05) is 6.07 Å². The molecule has 0 bridgehead atoms. The first-order chi connectivity index (χ1) is 12.7. The summed E-state index contributed by atoms with van der Waals surface area (Å²) in [5.74, 6) is -0.0638. The van der Waals surface area contributed by atoms with Crippen molar-refractivity contribution in [2.75, 3.05) is 58.3 Å². The summed E-state index contributed by atoms with van der Waals surface area (Å²) in [6, 6.07) is 7.57. The van der Waals surface area contributed by atoms with Crippen molar-refractivity contribution in [3.63, 3.8) is 0 Å². The molecule has 0 spiro atoms. The van der Waals surface area contributed by atoms with E-state index in [0.29, 0.717) is 25.2 Å². The number of hydrogen-bond acceptors (Lipinski definition) is 5. The minimum atomic E-state index is -0.470. The molecule has 1 heterocycles. The van der Waals surface area contributed by atoms with E-state index in [1.807, 2.05) is 64.0 Å². The highest BCUT2D eigenvalue weighted by molar-refractivity contribution is 5.95. The van der Waals surface area contributed by atoms with E-state index in [0.717, 1.165) is 25.3 Å². The lowest BCUT2D eigenvalue weighted by molar-refractivity contribution is 0.0147. The lowest BCUT2D eigenvalue weighted by Crippen LogP contribution is -2.51. The van der Waals surface area contributed by atoms with Gasteiger partial charge in [-0.05, 0) is 39.0 Å². The molecule has 1 fully saturated rings. The maximum Gasteiger partial charge on any atom is 0.410 e. The number of nitrogens with one attached hydrogen (secondary N) is 1. The van der Waals surface area contributed by atoms with E-state index in [1.54, 1.807) is 4.90 Å². The molecule has 150 valence electrons. The highest BCUT2D eigenvalue weighted by Gasteiger charge is 2.25. The number of amides is 2. The highest BCUT2D eigenvalue weighted by atomic mass is 16.6. The SMILES string of the molecule is CN(C)c1cccc(C(=O)NCCN2CCN(C(=O)OC(C)(C)C)CC2)c1. The number of benzene rings is 1. The number of hydrogen-bond donors (Lipinski definition) is 1. The van der Waals surface area contributed by atoms with Gasteiger partial charge in [-0.3, -0.25) is 9.69 Å². The lowest BCUT2D eigenvalue weighted by Gasteiger charge is -2.35. The molecule has 1 N–H and O–H groups in total. The molecule has 27 heavy (non-hydrogen) atoms. The molecule has 0 aromatic heterocycles. The fraction of sp³-hybridized carbons (Fsp3) is 0.600. The number of carbonyl (C=O) groups excluding carboxylic acids is 2. The molecule has 1 aromatic carbocycles. The van der Waals surface area contributed by atoms with Crippen LogP contribution in [0.2, 0.25) is 0 Å². The first kappa shape index (κ1) is 21.0. The van der Waals surface area contributed by atoms with Crippen LogP contribution < -0.4 is 10.2 Å². The van der Waals surface area contributed by atoms with Gasteiger partial charge < -0.3 is 19.9 Å². The molecule has 0 saturated carbocycles. The lowest BCUT2D eigenvalue weighted by atomic mass is 10.2. The molecule has 1 aliphatic rings. The Morgan fingerprint density at radius 2 is 1.81 bits per heavy atom. The van der Waals surface area contributed by atoms with Crippen molar-refractivity contribution in [1.29, 1.82) is 0 Å². The number of carbonyl (C=O) groups is 2. The molecule has 2 rings (SSSR count). The molecule has 1 saturated heterocycles. The average Bonchev–Trinajstić information content (AvgIpc) is 2.60. The molecule has 0 unspecified atom stereocenters. The summed E-state index contributed by atoms with van der Waals surface area (Å²) in [4.78, 5) is 30.4. The number of rotatable bonds is 5. The van der Waals surface area contributed by atoms with Crippen LogP contribution in [0.4, 0.5) is 10.5 Å². The molecule has 0 aliphatic carbocycles. The third-order valence-electron chi connectivity index (χ3n) is 4.36. The monoisotopic (exact) mass is 376 g/mol. The Kier molecular flexibility index (Phi) is 7.07. The van der Waals surface area contributed by atoms with Crippen molar-refractivity contribution in [3.05, 3.63) is 29.8 Å². The van der Waals surface area contributed by atoms with E-state index in [1.165, 1.54) is 0 Å². The second-order valence-corrected chi connectivity index (χ2v) is 8.01. The normalized spacial score (nSPS) is 15.4. The fourth-order valence-corrected chi connectivity index (χ4v) is 2.84. The van der Waals surface area contributed by atoms with Gasteiger partial charge in [-0.25, -0.2) is 4.79 Å². The zero-order chi connectivity index (χ0) is 20.0. The van der Waals surface area contributed by atoms with Crippen LogP contribution in [0.1, 0.15) is 31.1 Å². The van der Waals surface area contributed by atoms with Gasteiger partial charge in [0.05, 0.1) is 0 Å². The largest absolute Gasteiger partial charge is 0.444 e. The molecular formula is C20H32N4O3. The molecule has 2 amide bonds. The summed E-state index contributed by atoms with van der Waals surface area (Å²) in [6.45, 7) is 9.82. The third kappa shape index (κ3) is 6.75.